The first-order valence-electron chi connectivity index (χ1n) is 8.67. The van der Waals surface area contributed by atoms with Crippen LogP contribution in [0.2, 0.25) is 5.02 Å². The van der Waals surface area contributed by atoms with E-state index in [2.05, 4.69) is 36.4 Å². The number of piperidine rings is 1. The van der Waals surface area contributed by atoms with Crippen LogP contribution in [0.3, 0.4) is 0 Å². The van der Waals surface area contributed by atoms with Crippen molar-refractivity contribution in [2.45, 2.75) is 38.6 Å². The number of carbonyl (C=O) groups excluding carboxylic acids is 1. The minimum atomic E-state index is -0.429. The molecular weight excluding hydrogens is 422 g/mol. The second-order valence-electron chi connectivity index (χ2n) is 7.07. The standard InChI is InChI=1S/C17H19BrClN5O2/c1-10(15(25)24-8-6-17(4-5-17)7-9-24)20-16-23-22-14(26-16)12-3-2-11(19)13(18)21-12/h2-3,10H,4-9H2,1H3,(H,20,23)/t10-/m0/s1. The molecule has 9 heteroatoms. The van der Waals surface area contributed by atoms with Crippen molar-refractivity contribution in [3.63, 3.8) is 0 Å². The van der Waals surface area contributed by atoms with Crippen molar-refractivity contribution in [2.24, 2.45) is 5.41 Å². The molecule has 7 nitrogen and oxygen atoms in total. The third kappa shape index (κ3) is 3.57. The molecule has 4 rings (SSSR count). The Morgan fingerprint density at radius 2 is 2.04 bits per heavy atom. The zero-order valence-corrected chi connectivity index (χ0v) is 16.7. The van der Waals surface area contributed by atoms with Crippen LogP contribution in [-0.2, 0) is 4.79 Å². The van der Waals surface area contributed by atoms with Gasteiger partial charge in [-0.1, -0.05) is 16.7 Å². The quantitative estimate of drug-likeness (QED) is 0.729. The van der Waals surface area contributed by atoms with Crippen molar-refractivity contribution in [1.82, 2.24) is 20.1 Å². The van der Waals surface area contributed by atoms with Gasteiger partial charge in [0, 0.05) is 13.1 Å². The highest BCUT2D eigenvalue weighted by Crippen LogP contribution is 2.53. The summed E-state index contributed by atoms with van der Waals surface area (Å²) in [6, 6.07) is 3.16. The average molecular weight is 441 g/mol. The average Bonchev–Trinajstić information content (AvgIpc) is 3.22. The molecule has 1 aliphatic carbocycles. The Kier molecular flexibility index (Phi) is 4.64. The van der Waals surface area contributed by atoms with E-state index in [1.54, 1.807) is 12.1 Å². The fraction of sp³-hybridized carbons (Fsp3) is 0.529. The number of amides is 1. The van der Waals surface area contributed by atoms with E-state index in [0.717, 1.165) is 25.9 Å². The zero-order valence-electron chi connectivity index (χ0n) is 14.3. The van der Waals surface area contributed by atoms with Crippen LogP contribution < -0.4 is 5.32 Å². The van der Waals surface area contributed by atoms with Gasteiger partial charge in [-0.3, -0.25) is 4.79 Å². The summed E-state index contributed by atoms with van der Waals surface area (Å²) in [6.07, 6.45) is 4.88. The highest BCUT2D eigenvalue weighted by Gasteiger charge is 2.45. The van der Waals surface area contributed by atoms with Crippen molar-refractivity contribution in [2.75, 3.05) is 18.4 Å². The van der Waals surface area contributed by atoms with Gasteiger partial charge in [0.05, 0.1) is 5.02 Å². The number of halogens is 2. The van der Waals surface area contributed by atoms with Gasteiger partial charge in [0.2, 0.25) is 5.91 Å². The van der Waals surface area contributed by atoms with Gasteiger partial charge in [-0.25, -0.2) is 4.98 Å². The molecule has 1 saturated heterocycles. The molecule has 2 aromatic rings. The van der Waals surface area contributed by atoms with Gasteiger partial charge in [0.25, 0.3) is 5.89 Å². The maximum Gasteiger partial charge on any atom is 0.316 e. The van der Waals surface area contributed by atoms with Crippen LogP contribution in [0.5, 0.6) is 0 Å². The molecule has 2 fully saturated rings. The summed E-state index contributed by atoms with van der Waals surface area (Å²) < 4.78 is 6.09. The summed E-state index contributed by atoms with van der Waals surface area (Å²) in [7, 11) is 0. The Morgan fingerprint density at radius 1 is 1.31 bits per heavy atom. The van der Waals surface area contributed by atoms with Crippen LogP contribution in [0, 0.1) is 5.41 Å². The van der Waals surface area contributed by atoms with Crippen molar-refractivity contribution < 1.29 is 9.21 Å². The number of carbonyl (C=O) groups is 1. The van der Waals surface area contributed by atoms with E-state index in [9.17, 15) is 4.79 Å². The third-order valence-corrected chi connectivity index (χ3v) is 6.39. The summed E-state index contributed by atoms with van der Waals surface area (Å²) >= 11 is 9.21. The van der Waals surface area contributed by atoms with E-state index >= 15 is 0 Å². The van der Waals surface area contributed by atoms with Gasteiger partial charge in [-0.15, -0.1) is 5.10 Å². The third-order valence-electron chi connectivity index (χ3n) is 5.25. The van der Waals surface area contributed by atoms with Crippen LogP contribution in [0.15, 0.2) is 21.2 Å². The Hall–Kier alpha value is -1.67. The Morgan fingerprint density at radius 3 is 2.69 bits per heavy atom. The van der Waals surface area contributed by atoms with Crippen molar-refractivity contribution >= 4 is 39.5 Å². The monoisotopic (exact) mass is 439 g/mol. The number of anilines is 1. The highest BCUT2D eigenvalue weighted by molar-refractivity contribution is 9.10. The number of nitrogens with one attached hydrogen (secondary N) is 1. The van der Waals surface area contributed by atoms with Gasteiger partial charge in [-0.05, 0) is 66.1 Å². The van der Waals surface area contributed by atoms with E-state index in [1.165, 1.54) is 12.8 Å². The van der Waals surface area contributed by atoms with Crippen molar-refractivity contribution in [3.05, 3.63) is 21.8 Å². The summed E-state index contributed by atoms with van der Waals surface area (Å²) in [5, 5.41) is 11.4. The smallest absolute Gasteiger partial charge is 0.316 e. The second kappa shape index (κ2) is 6.81. The molecular formula is C17H19BrClN5O2. The fourth-order valence-electron chi connectivity index (χ4n) is 3.32. The molecule has 0 radical (unpaired) electrons. The largest absolute Gasteiger partial charge is 0.402 e. The molecule has 2 aliphatic rings. The number of aromatic nitrogens is 3. The molecule has 1 aliphatic heterocycles. The number of nitrogens with zero attached hydrogens (tertiary/aromatic N) is 4. The Balaban J connectivity index is 1.38. The van der Waals surface area contributed by atoms with E-state index in [0.29, 0.717) is 20.7 Å². The second-order valence-corrected chi connectivity index (χ2v) is 8.23. The molecule has 1 amide bonds. The number of likely N-dealkylation sites (tertiary alicyclic amines) is 1. The number of hydrogen-bond acceptors (Lipinski definition) is 6. The van der Waals surface area contributed by atoms with E-state index < -0.39 is 6.04 Å². The van der Waals surface area contributed by atoms with Gasteiger partial charge in [-0.2, -0.15) is 0 Å². The van der Waals surface area contributed by atoms with E-state index in [-0.39, 0.29) is 17.8 Å². The normalized spacial score (nSPS) is 19.4. The molecule has 1 N–H and O–H groups in total. The van der Waals surface area contributed by atoms with Gasteiger partial charge >= 0.3 is 6.01 Å². The van der Waals surface area contributed by atoms with Crippen LogP contribution >= 0.6 is 27.5 Å². The van der Waals surface area contributed by atoms with Crippen LogP contribution in [-0.4, -0.2) is 45.1 Å². The first kappa shape index (κ1) is 17.7. The molecule has 1 spiro atoms. The highest BCUT2D eigenvalue weighted by atomic mass is 79.9. The lowest BCUT2D eigenvalue weighted by Crippen LogP contribution is -2.45. The lowest BCUT2D eigenvalue weighted by molar-refractivity contribution is -0.133. The van der Waals surface area contributed by atoms with Crippen LogP contribution in [0.25, 0.3) is 11.6 Å². The van der Waals surface area contributed by atoms with Crippen LogP contribution in [0.1, 0.15) is 32.6 Å². The molecule has 138 valence electrons. The van der Waals surface area contributed by atoms with Crippen molar-refractivity contribution in [1.29, 1.82) is 0 Å². The topological polar surface area (TPSA) is 84.1 Å². The maximum absolute atomic E-state index is 12.6. The molecule has 0 bridgehead atoms. The SMILES string of the molecule is C[C@H](Nc1nnc(-c2ccc(Cl)c(Br)n2)o1)C(=O)N1CCC2(CC1)CC2. The number of pyridine rings is 1. The van der Waals surface area contributed by atoms with E-state index in [4.69, 9.17) is 16.0 Å². The minimum Gasteiger partial charge on any atom is -0.402 e. The summed E-state index contributed by atoms with van der Waals surface area (Å²) in [5.41, 5.74) is 1.06. The molecule has 0 aromatic carbocycles. The molecule has 3 heterocycles. The Labute approximate surface area is 164 Å². The van der Waals surface area contributed by atoms with E-state index in [1.807, 2.05) is 11.8 Å². The first-order chi connectivity index (χ1) is 12.5. The predicted molar refractivity (Wildman–Crippen MR) is 101 cm³/mol. The molecule has 0 unspecified atom stereocenters. The lowest BCUT2D eigenvalue weighted by atomic mass is 9.93. The lowest BCUT2D eigenvalue weighted by Gasteiger charge is -2.33. The zero-order chi connectivity index (χ0) is 18.3. The van der Waals surface area contributed by atoms with Gasteiger partial charge in [0.15, 0.2) is 0 Å². The minimum absolute atomic E-state index is 0.0626. The number of hydrogen-bond donors (Lipinski definition) is 1. The van der Waals surface area contributed by atoms with Gasteiger partial charge < -0.3 is 14.6 Å². The molecule has 1 saturated carbocycles. The van der Waals surface area contributed by atoms with Crippen LogP contribution in [0.4, 0.5) is 6.01 Å². The van der Waals surface area contributed by atoms with Gasteiger partial charge in [0.1, 0.15) is 16.3 Å². The molecule has 2 aromatic heterocycles. The molecule has 1 atom stereocenters. The fourth-order valence-corrected chi connectivity index (χ4v) is 3.75. The molecule has 26 heavy (non-hydrogen) atoms. The predicted octanol–water partition coefficient (Wildman–Crippen LogP) is 3.75. The van der Waals surface area contributed by atoms with Crippen molar-refractivity contribution in [3.8, 4) is 11.6 Å². The maximum atomic E-state index is 12.6. The summed E-state index contributed by atoms with van der Waals surface area (Å²) in [6.45, 7) is 3.48. The summed E-state index contributed by atoms with van der Waals surface area (Å²) in [5.74, 6) is 0.325. The Bertz CT molecular complexity index is 828. The summed E-state index contributed by atoms with van der Waals surface area (Å²) in [4.78, 5) is 18.8. The first-order valence-corrected chi connectivity index (χ1v) is 9.84. The number of rotatable bonds is 4.